The molecule has 1 heterocycles. The third-order valence-corrected chi connectivity index (χ3v) is 7.66. The number of likely N-dealkylation sites (N-methyl/N-ethyl adjacent to an activating group) is 1. The fraction of sp³-hybridized carbons (Fsp3) is 0.333. The second-order valence-electron chi connectivity index (χ2n) is 7.43. The van der Waals surface area contributed by atoms with Crippen LogP contribution in [0.25, 0.3) is 6.08 Å². The second kappa shape index (κ2) is 11.8. The van der Waals surface area contributed by atoms with E-state index in [0.717, 1.165) is 36.6 Å². The number of amides is 1. The average molecular weight is 523 g/mol. The number of unbranched alkanes of at least 4 members (excludes halogenated alkanes) is 2. The summed E-state index contributed by atoms with van der Waals surface area (Å²) >= 11 is 6.87. The molecule has 0 spiro atoms. The lowest BCUT2D eigenvalue weighted by molar-refractivity contribution is -0.122. The van der Waals surface area contributed by atoms with Crippen molar-refractivity contribution < 1.29 is 22.7 Å². The molecule has 2 aromatic rings. The standard InChI is InChI=1S/C24H27ClN2O5S2/c1-4-6-7-14-32-20-13-8-17(15-21(20)31-3)16-22-23(28)27(5-2)24(33-22)26-34(29,30)19-11-9-18(25)10-12-19/h8-13,15-16H,4-7,14H2,1-3H3. The topological polar surface area (TPSA) is 85.3 Å². The summed E-state index contributed by atoms with van der Waals surface area (Å²) in [6.45, 7) is 4.78. The van der Waals surface area contributed by atoms with Gasteiger partial charge in [-0.3, -0.25) is 9.69 Å². The number of amidine groups is 1. The van der Waals surface area contributed by atoms with Gasteiger partial charge in [-0.15, -0.1) is 4.40 Å². The molecule has 3 rings (SSSR count). The van der Waals surface area contributed by atoms with Crippen molar-refractivity contribution in [1.82, 2.24) is 4.90 Å². The van der Waals surface area contributed by atoms with Crippen molar-refractivity contribution in [2.75, 3.05) is 20.3 Å². The molecule has 0 unspecified atom stereocenters. The van der Waals surface area contributed by atoms with Crippen LogP contribution in [0.3, 0.4) is 0 Å². The van der Waals surface area contributed by atoms with Crippen LogP contribution >= 0.6 is 23.4 Å². The van der Waals surface area contributed by atoms with Crippen LogP contribution in [0.5, 0.6) is 11.5 Å². The first-order valence-electron chi connectivity index (χ1n) is 10.9. The predicted molar refractivity (Wildman–Crippen MR) is 137 cm³/mol. The molecule has 0 N–H and O–H groups in total. The Balaban J connectivity index is 1.85. The first kappa shape index (κ1) is 26.1. The van der Waals surface area contributed by atoms with Gasteiger partial charge in [0.15, 0.2) is 16.7 Å². The predicted octanol–water partition coefficient (Wildman–Crippen LogP) is 5.60. The molecule has 0 saturated carbocycles. The van der Waals surface area contributed by atoms with Gasteiger partial charge in [-0.25, -0.2) is 0 Å². The van der Waals surface area contributed by atoms with Crippen molar-refractivity contribution in [3.05, 3.63) is 58.0 Å². The van der Waals surface area contributed by atoms with Crippen LogP contribution in [0.4, 0.5) is 0 Å². The number of sulfonamides is 1. The highest BCUT2D eigenvalue weighted by Gasteiger charge is 2.34. The van der Waals surface area contributed by atoms with Gasteiger partial charge in [0.2, 0.25) is 0 Å². The molecule has 0 radical (unpaired) electrons. The Kier molecular flexibility index (Phi) is 9.04. The van der Waals surface area contributed by atoms with Crippen LogP contribution < -0.4 is 9.47 Å². The van der Waals surface area contributed by atoms with Crippen LogP contribution in [-0.4, -0.2) is 44.7 Å². The third-order valence-electron chi connectivity index (χ3n) is 5.00. The largest absolute Gasteiger partial charge is 0.493 e. The molecule has 0 bridgehead atoms. The Labute approximate surface area is 209 Å². The summed E-state index contributed by atoms with van der Waals surface area (Å²) in [5, 5.41) is 0.529. The zero-order valence-electron chi connectivity index (χ0n) is 19.3. The maximum absolute atomic E-state index is 12.9. The number of carbonyl (C=O) groups is 1. The summed E-state index contributed by atoms with van der Waals surface area (Å²) in [5.41, 5.74) is 0.728. The van der Waals surface area contributed by atoms with E-state index < -0.39 is 10.0 Å². The summed E-state index contributed by atoms with van der Waals surface area (Å²) in [7, 11) is -2.44. The van der Waals surface area contributed by atoms with Gasteiger partial charge < -0.3 is 9.47 Å². The first-order chi connectivity index (χ1) is 16.3. The summed E-state index contributed by atoms with van der Waals surface area (Å²) < 4.78 is 40.7. The molecule has 0 atom stereocenters. The quantitative estimate of drug-likeness (QED) is 0.298. The monoisotopic (exact) mass is 522 g/mol. The number of benzene rings is 2. The van der Waals surface area contributed by atoms with E-state index in [2.05, 4.69) is 11.3 Å². The fourth-order valence-corrected chi connectivity index (χ4v) is 5.57. The number of halogens is 1. The van der Waals surface area contributed by atoms with Gasteiger partial charge >= 0.3 is 0 Å². The number of thioether (sulfide) groups is 1. The molecule has 1 amide bonds. The highest BCUT2D eigenvalue weighted by Crippen LogP contribution is 2.35. The zero-order valence-corrected chi connectivity index (χ0v) is 21.7. The van der Waals surface area contributed by atoms with Crippen molar-refractivity contribution in [3.8, 4) is 11.5 Å². The van der Waals surface area contributed by atoms with Crippen molar-refractivity contribution in [1.29, 1.82) is 0 Å². The van der Waals surface area contributed by atoms with Crippen molar-refractivity contribution in [3.63, 3.8) is 0 Å². The van der Waals surface area contributed by atoms with E-state index in [4.69, 9.17) is 21.1 Å². The normalized spacial score (nSPS) is 16.5. The Morgan fingerprint density at radius 2 is 1.82 bits per heavy atom. The van der Waals surface area contributed by atoms with Crippen LogP contribution in [0.1, 0.15) is 38.7 Å². The number of methoxy groups -OCH3 is 1. The zero-order chi connectivity index (χ0) is 24.7. The fourth-order valence-electron chi connectivity index (χ4n) is 3.20. The molecule has 0 aliphatic carbocycles. The second-order valence-corrected chi connectivity index (χ2v) is 10.5. The number of hydrogen-bond acceptors (Lipinski definition) is 6. The van der Waals surface area contributed by atoms with Gasteiger partial charge in [0.05, 0.1) is 23.5 Å². The number of nitrogens with zero attached hydrogens (tertiary/aromatic N) is 2. The van der Waals surface area contributed by atoms with Crippen LogP contribution in [-0.2, 0) is 14.8 Å². The van der Waals surface area contributed by atoms with Gasteiger partial charge in [-0.05, 0) is 73.1 Å². The lowest BCUT2D eigenvalue weighted by Crippen LogP contribution is -2.29. The third kappa shape index (κ3) is 6.34. The number of carbonyl (C=O) groups excluding carboxylic acids is 1. The van der Waals surface area contributed by atoms with Gasteiger partial charge in [0.1, 0.15) is 0 Å². The van der Waals surface area contributed by atoms with Gasteiger partial charge in [-0.2, -0.15) is 8.42 Å². The van der Waals surface area contributed by atoms with E-state index >= 15 is 0 Å². The first-order valence-corrected chi connectivity index (χ1v) is 13.5. The highest BCUT2D eigenvalue weighted by atomic mass is 35.5. The maximum Gasteiger partial charge on any atom is 0.284 e. The molecule has 1 fully saturated rings. The molecule has 7 nitrogen and oxygen atoms in total. The SMILES string of the molecule is CCCCCOc1ccc(C=C2SC(=NS(=O)(=O)c3ccc(Cl)cc3)N(CC)C2=O)cc1OC. The number of hydrogen-bond donors (Lipinski definition) is 0. The van der Waals surface area contributed by atoms with E-state index in [1.54, 1.807) is 32.2 Å². The average Bonchev–Trinajstić information content (AvgIpc) is 3.10. The van der Waals surface area contributed by atoms with E-state index in [9.17, 15) is 13.2 Å². The van der Waals surface area contributed by atoms with E-state index in [1.165, 1.54) is 29.2 Å². The molecule has 2 aromatic carbocycles. The highest BCUT2D eigenvalue weighted by molar-refractivity contribution is 8.19. The molecule has 0 aromatic heterocycles. The molecule has 10 heteroatoms. The van der Waals surface area contributed by atoms with Crippen LogP contribution in [0.2, 0.25) is 5.02 Å². The maximum atomic E-state index is 12.9. The van der Waals surface area contributed by atoms with Crippen LogP contribution in [0.15, 0.2) is 56.7 Å². The molecule has 1 aliphatic rings. The van der Waals surface area contributed by atoms with E-state index in [0.29, 0.717) is 28.0 Å². The minimum atomic E-state index is -4.00. The number of rotatable bonds is 10. The van der Waals surface area contributed by atoms with Gasteiger partial charge in [0.25, 0.3) is 15.9 Å². The van der Waals surface area contributed by atoms with E-state index in [1.807, 2.05) is 6.07 Å². The number of ether oxygens (including phenoxy) is 2. The Morgan fingerprint density at radius 1 is 1.09 bits per heavy atom. The van der Waals surface area contributed by atoms with E-state index in [-0.39, 0.29) is 22.5 Å². The summed E-state index contributed by atoms with van der Waals surface area (Å²) in [6.07, 6.45) is 4.86. The molecule has 1 aliphatic heterocycles. The summed E-state index contributed by atoms with van der Waals surface area (Å²) in [6, 6.07) is 11.1. The molecule has 182 valence electrons. The Hall–Kier alpha value is -2.49. The molecular weight excluding hydrogens is 496 g/mol. The van der Waals surface area contributed by atoms with Gasteiger partial charge in [-0.1, -0.05) is 37.4 Å². The van der Waals surface area contributed by atoms with Crippen molar-refractivity contribution >= 4 is 50.5 Å². The molecule has 34 heavy (non-hydrogen) atoms. The van der Waals surface area contributed by atoms with Crippen LogP contribution in [0, 0.1) is 0 Å². The van der Waals surface area contributed by atoms with Gasteiger partial charge in [0, 0.05) is 11.6 Å². The lowest BCUT2D eigenvalue weighted by atomic mass is 10.2. The Bertz CT molecular complexity index is 1190. The minimum Gasteiger partial charge on any atom is -0.493 e. The molecular formula is C24H27ClN2O5S2. The Morgan fingerprint density at radius 3 is 2.47 bits per heavy atom. The summed E-state index contributed by atoms with van der Waals surface area (Å²) in [5.74, 6) is 0.891. The lowest BCUT2D eigenvalue weighted by Gasteiger charge is -2.12. The minimum absolute atomic E-state index is 0.00481. The van der Waals surface area contributed by atoms with Crippen molar-refractivity contribution in [2.45, 2.75) is 38.0 Å². The van der Waals surface area contributed by atoms with Crippen molar-refractivity contribution in [2.24, 2.45) is 4.40 Å². The smallest absolute Gasteiger partial charge is 0.284 e. The molecule has 1 saturated heterocycles. The summed E-state index contributed by atoms with van der Waals surface area (Å²) in [4.78, 5) is 14.6.